The van der Waals surface area contributed by atoms with Gasteiger partial charge < -0.3 is 34.7 Å². The lowest BCUT2D eigenvalue weighted by atomic mass is 9.41. The van der Waals surface area contributed by atoms with Gasteiger partial charge in [-0.15, -0.1) is 0 Å². The summed E-state index contributed by atoms with van der Waals surface area (Å²) in [4.78, 5) is 12.3. The van der Waals surface area contributed by atoms with Crippen molar-refractivity contribution in [2.24, 2.45) is 56.7 Å². The normalized spacial score (nSPS) is 52.9. The number of rotatable bonds is 5. The van der Waals surface area contributed by atoms with Crippen LogP contribution in [0.15, 0.2) is 0 Å². The summed E-state index contributed by atoms with van der Waals surface area (Å²) in [5.74, 6) is 1.96. The maximum absolute atomic E-state index is 12.5. The number of nitrogens with one attached hydrogen (secondary N) is 2. The summed E-state index contributed by atoms with van der Waals surface area (Å²) >= 11 is 0. The molecule has 250 valence electrons. The third kappa shape index (κ3) is 4.08. The molecule has 0 aromatic heterocycles. The molecule has 0 bridgehead atoms. The van der Waals surface area contributed by atoms with E-state index in [9.17, 15) is 9.90 Å². The largest absolute Gasteiger partial charge is 0.443 e. The summed E-state index contributed by atoms with van der Waals surface area (Å²) < 4.78 is 25.5. The van der Waals surface area contributed by atoms with Crippen LogP contribution < -0.4 is 10.6 Å². The summed E-state index contributed by atoms with van der Waals surface area (Å²) in [6.07, 6.45) is 7.73. The molecule has 14 atom stereocenters. The monoisotopic (exact) mass is 616 g/mol. The molecule has 7 fully saturated rings. The standard InChI is InChI=1S/C36H60N2O6/c1-20(2)28(44-31(40)37-8)22-17-21(3)27-29(42-22)30(39)34(7)24-10-9-23-32(4,5)25(43-26-18-38-15-16-41-26)11-12-35(23)19-36(24,35)14-13-33(27,34)6/h20-30,38-39H,9-19H2,1-8H3,(H,37,40)/t21-,22?,23+,24?,25?,26+,27+,28?,29?,30+,33?,34-,35?,36?/m1/s1. The average molecular weight is 617 g/mol. The first-order valence-electron chi connectivity index (χ1n) is 18.0. The first-order chi connectivity index (χ1) is 20.8. The van der Waals surface area contributed by atoms with Crippen molar-refractivity contribution >= 4 is 6.09 Å². The molecule has 8 nitrogen and oxygen atoms in total. The van der Waals surface area contributed by atoms with E-state index < -0.39 is 12.2 Å². The number of morpholine rings is 1. The van der Waals surface area contributed by atoms with E-state index in [1.807, 2.05) is 0 Å². The van der Waals surface area contributed by atoms with Crippen molar-refractivity contribution in [2.75, 3.05) is 26.7 Å². The Labute approximate surface area is 265 Å². The van der Waals surface area contributed by atoms with Crippen molar-refractivity contribution in [1.82, 2.24) is 10.6 Å². The molecular weight excluding hydrogens is 556 g/mol. The van der Waals surface area contributed by atoms with Crippen LogP contribution in [0.2, 0.25) is 0 Å². The lowest BCUT2D eigenvalue weighted by Crippen LogP contribution is -2.60. The van der Waals surface area contributed by atoms with Gasteiger partial charge in [-0.3, -0.25) is 0 Å². The molecule has 0 radical (unpaired) electrons. The van der Waals surface area contributed by atoms with Crippen LogP contribution in [0.1, 0.15) is 99.8 Å². The predicted octanol–water partition coefficient (Wildman–Crippen LogP) is 5.51. The zero-order valence-corrected chi connectivity index (χ0v) is 28.6. The van der Waals surface area contributed by atoms with Crippen LogP contribution in [-0.4, -0.2) is 74.8 Å². The van der Waals surface area contributed by atoms with E-state index in [-0.39, 0.29) is 52.9 Å². The Bertz CT molecular complexity index is 1130. The number of ether oxygens (including phenoxy) is 4. The Morgan fingerprint density at radius 1 is 1.05 bits per heavy atom. The minimum absolute atomic E-state index is 0.0180. The number of aliphatic hydroxyl groups excluding tert-OH is 1. The van der Waals surface area contributed by atoms with E-state index >= 15 is 0 Å². The molecule has 2 saturated heterocycles. The Morgan fingerprint density at radius 2 is 1.77 bits per heavy atom. The molecule has 2 heterocycles. The molecule has 7 aliphatic rings. The van der Waals surface area contributed by atoms with Gasteiger partial charge in [0.15, 0.2) is 6.29 Å². The van der Waals surface area contributed by atoms with Crippen molar-refractivity contribution in [3.8, 4) is 0 Å². The third-order valence-corrected chi connectivity index (χ3v) is 15.4. The van der Waals surface area contributed by atoms with Gasteiger partial charge in [-0.2, -0.15) is 0 Å². The number of alkyl carbamates (subject to hydrolysis) is 1. The highest BCUT2D eigenvalue weighted by molar-refractivity contribution is 5.66. The Kier molecular flexibility index (Phi) is 7.58. The fourth-order valence-electron chi connectivity index (χ4n) is 13.4. The van der Waals surface area contributed by atoms with E-state index in [2.05, 4.69) is 59.1 Å². The number of amides is 1. The fraction of sp³-hybridized carbons (Fsp3) is 0.972. The van der Waals surface area contributed by atoms with Gasteiger partial charge in [0.1, 0.15) is 6.10 Å². The maximum Gasteiger partial charge on any atom is 0.407 e. The fourth-order valence-corrected chi connectivity index (χ4v) is 13.4. The van der Waals surface area contributed by atoms with Gasteiger partial charge in [-0.1, -0.05) is 48.5 Å². The summed E-state index contributed by atoms with van der Waals surface area (Å²) in [6.45, 7) is 18.9. The van der Waals surface area contributed by atoms with Crippen LogP contribution in [0.25, 0.3) is 0 Å². The van der Waals surface area contributed by atoms with Crippen molar-refractivity contribution in [2.45, 2.75) is 137 Å². The molecule has 8 unspecified atom stereocenters. The first kappa shape index (κ1) is 31.7. The number of aliphatic hydroxyl groups is 1. The molecule has 8 heteroatoms. The van der Waals surface area contributed by atoms with E-state index in [4.69, 9.17) is 18.9 Å². The number of carbonyl (C=O) groups excluding carboxylic acids is 1. The summed E-state index contributed by atoms with van der Waals surface area (Å²) in [5, 5.41) is 18.6. The molecular formula is C36H60N2O6. The lowest BCUT2D eigenvalue weighted by molar-refractivity contribution is -0.237. The molecule has 5 saturated carbocycles. The van der Waals surface area contributed by atoms with Crippen LogP contribution in [0.3, 0.4) is 0 Å². The molecule has 2 spiro atoms. The predicted molar refractivity (Wildman–Crippen MR) is 168 cm³/mol. The molecule has 3 N–H and O–H groups in total. The van der Waals surface area contributed by atoms with Crippen molar-refractivity contribution < 1.29 is 28.8 Å². The second kappa shape index (κ2) is 10.5. The van der Waals surface area contributed by atoms with Crippen LogP contribution in [0.5, 0.6) is 0 Å². The highest BCUT2D eigenvalue weighted by atomic mass is 16.7. The van der Waals surface area contributed by atoms with Crippen LogP contribution in [0.4, 0.5) is 4.79 Å². The highest BCUT2D eigenvalue weighted by Crippen LogP contribution is 2.89. The van der Waals surface area contributed by atoms with Crippen molar-refractivity contribution in [3.05, 3.63) is 0 Å². The topological polar surface area (TPSA) is 98.3 Å². The van der Waals surface area contributed by atoms with Crippen LogP contribution in [0, 0.1) is 56.7 Å². The Balaban J connectivity index is 1.15. The summed E-state index contributed by atoms with van der Waals surface area (Å²) in [6, 6.07) is 0. The van der Waals surface area contributed by atoms with Gasteiger partial charge >= 0.3 is 6.09 Å². The molecule has 0 aromatic carbocycles. The van der Waals surface area contributed by atoms with E-state index in [0.29, 0.717) is 34.5 Å². The molecule has 0 aromatic rings. The number of hydrogen-bond acceptors (Lipinski definition) is 7. The minimum atomic E-state index is -0.518. The summed E-state index contributed by atoms with van der Waals surface area (Å²) in [5.41, 5.74) is 0.590. The second-order valence-electron chi connectivity index (χ2n) is 17.5. The SMILES string of the molecule is CNC(=O)OC(C(C)C)C1C[C@@H](C)[C@H]2C(O1)[C@H](O)[C@@]1(C)C3CC[C@H]4C(C)(C)C(O[C@H]5CNCCO5)CCC45CC35CCC21C. The number of fused-ring (bicyclic) bond motifs is 4. The van der Waals surface area contributed by atoms with Gasteiger partial charge in [-0.25, -0.2) is 4.79 Å². The zero-order valence-electron chi connectivity index (χ0n) is 28.6. The zero-order chi connectivity index (χ0) is 31.4. The van der Waals surface area contributed by atoms with Gasteiger partial charge in [0, 0.05) is 25.6 Å². The van der Waals surface area contributed by atoms with Gasteiger partial charge in [-0.05, 0) is 103 Å². The number of carbonyl (C=O) groups is 1. The molecule has 1 amide bonds. The maximum atomic E-state index is 12.5. The van der Waals surface area contributed by atoms with E-state index in [0.717, 1.165) is 39.0 Å². The summed E-state index contributed by atoms with van der Waals surface area (Å²) in [7, 11) is 1.60. The van der Waals surface area contributed by atoms with Gasteiger partial charge in [0.25, 0.3) is 0 Å². The minimum Gasteiger partial charge on any atom is -0.443 e. The molecule has 5 aliphatic carbocycles. The average Bonchev–Trinajstić information content (AvgIpc) is 3.62. The van der Waals surface area contributed by atoms with E-state index in [1.54, 1.807) is 7.05 Å². The van der Waals surface area contributed by atoms with Crippen LogP contribution in [-0.2, 0) is 18.9 Å². The van der Waals surface area contributed by atoms with E-state index in [1.165, 1.54) is 32.1 Å². The van der Waals surface area contributed by atoms with Crippen LogP contribution >= 0.6 is 0 Å². The third-order valence-electron chi connectivity index (χ3n) is 15.4. The highest BCUT2D eigenvalue weighted by Gasteiger charge is 2.84. The van der Waals surface area contributed by atoms with Gasteiger partial charge in [0.05, 0.1) is 31.0 Å². The lowest BCUT2D eigenvalue weighted by Gasteiger charge is -2.63. The molecule has 44 heavy (non-hydrogen) atoms. The quantitative estimate of drug-likeness (QED) is 0.375. The van der Waals surface area contributed by atoms with Crippen molar-refractivity contribution in [1.29, 1.82) is 0 Å². The Morgan fingerprint density at radius 3 is 2.45 bits per heavy atom. The second-order valence-corrected chi connectivity index (χ2v) is 17.5. The molecule has 7 rings (SSSR count). The number of hydrogen-bond donors (Lipinski definition) is 3. The first-order valence-corrected chi connectivity index (χ1v) is 18.0. The smallest absolute Gasteiger partial charge is 0.407 e. The Hall–Kier alpha value is -0.930. The van der Waals surface area contributed by atoms with Crippen molar-refractivity contribution in [3.63, 3.8) is 0 Å². The van der Waals surface area contributed by atoms with Gasteiger partial charge in [0.2, 0.25) is 0 Å². The molecule has 2 aliphatic heterocycles.